The van der Waals surface area contributed by atoms with Gasteiger partial charge in [0, 0.05) is 25.2 Å². The third-order valence-electron chi connectivity index (χ3n) is 4.79. The molecule has 6 nitrogen and oxygen atoms in total. The fraction of sp³-hybridized carbons (Fsp3) is 0.318. The van der Waals surface area contributed by atoms with Gasteiger partial charge >= 0.3 is 5.97 Å². The van der Waals surface area contributed by atoms with E-state index in [2.05, 4.69) is 12.2 Å². The van der Waals surface area contributed by atoms with Gasteiger partial charge in [-0.25, -0.2) is 0 Å². The van der Waals surface area contributed by atoms with Gasteiger partial charge in [0.2, 0.25) is 5.91 Å². The Balaban J connectivity index is 1.46. The van der Waals surface area contributed by atoms with Gasteiger partial charge in [0.25, 0.3) is 5.91 Å². The molecule has 1 N–H and O–H groups in total. The molecule has 1 saturated heterocycles. The molecule has 1 atom stereocenters. The first-order chi connectivity index (χ1) is 13.6. The first-order valence-electron chi connectivity index (χ1n) is 9.43. The monoisotopic (exact) mass is 380 g/mol. The number of anilines is 1. The summed E-state index contributed by atoms with van der Waals surface area (Å²) >= 11 is 0. The third-order valence-corrected chi connectivity index (χ3v) is 4.79. The molecule has 1 aliphatic heterocycles. The van der Waals surface area contributed by atoms with Crippen LogP contribution < -0.4 is 10.2 Å². The van der Waals surface area contributed by atoms with Crippen molar-refractivity contribution < 1.29 is 19.1 Å². The van der Waals surface area contributed by atoms with Gasteiger partial charge in [0.05, 0.1) is 5.92 Å². The molecule has 0 bridgehead atoms. The van der Waals surface area contributed by atoms with Gasteiger partial charge in [-0.1, -0.05) is 49.4 Å². The van der Waals surface area contributed by atoms with Crippen molar-refractivity contribution >= 4 is 23.5 Å². The van der Waals surface area contributed by atoms with Crippen LogP contribution in [-0.2, 0) is 32.1 Å². The molecule has 0 unspecified atom stereocenters. The highest BCUT2D eigenvalue weighted by Crippen LogP contribution is 2.26. The summed E-state index contributed by atoms with van der Waals surface area (Å²) in [5.41, 5.74) is 2.93. The third kappa shape index (κ3) is 4.97. The van der Waals surface area contributed by atoms with E-state index in [1.165, 1.54) is 5.56 Å². The summed E-state index contributed by atoms with van der Waals surface area (Å²) in [6.07, 6.45) is 1.02. The minimum Gasteiger partial charge on any atom is -0.455 e. The Hall–Kier alpha value is -3.15. The molecule has 28 heavy (non-hydrogen) atoms. The van der Waals surface area contributed by atoms with E-state index in [-0.39, 0.29) is 31.4 Å². The lowest BCUT2D eigenvalue weighted by Gasteiger charge is -2.17. The van der Waals surface area contributed by atoms with Crippen LogP contribution in [-0.4, -0.2) is 30.9 Å². The van der Waals surface area contributed by atoms with E-state index in [1.54, 1.807) is 4.90 Å². The van der Waals surface area contributed by atoms with Crippen LogP contribution in [0.5, 0.6) is 0 Å². The molecule has 0 radical (unpaired) electrons. The molecule has 2 aromatic carbocycles. The maximum atomic E-state index is 12.3. The zero-order valence-electron chi connectivity index (χ0n) is 15.9. The molecule has 2 aromatic rings. The summed E-state index contributed by atoms with van der Waals surface area (Å²) in [7, 11) is 0. The summed E-state index contributed by atoms with van der Waals surface area (Å²) in [6.45, 7) is 2.37. The van der Waals surface area contributed by atoms with E-state index >= 15 is 0 Å². The van der Waals surface area contributed by atoms with Crippen molar-refractivity contribution in [2.75, 3.05) is 18.1 Å². The Morgan fingerprint density at radius 1 is 1.07 bits per heavy atom. The maximum Gasteiger partial charge on any atom is 0.311 e. The van der Waals surface area contributed by atoms with Crippen LogP contribution in [0, 0.1) is 5.92 Å². The van der Waals surface area contributed by atoms with Gasteiger partial charge in [0.1, 0.15) is 0 Å². The minimum absolute atomic E-state index is 0.0972. The number of carbonyl (C=O) groups excluding carboxylic acids is 3. The van der Waals surface area contributed by atoms with Gasteiger partial charge < -0.3 is 15.0 Å². The van der Waals surface area contributed by atoms with Crippen molar-refractivity contribution in [2.45, 2.75) is 26.3 Å². The van der Waals surface area contributed by atoms with Gasteiger partial charge in [-0.15, -0.1) is 0 Å². The number of esters is 1. The highest BCUT2D eigenvalue weighted by molar-refractivity contribution is 5.99. The number of nitrogens with zero attached hydrogens (tertiary/aromatic N) is 1. The van der Waals surface area contributed by atoms with E-state index in [4.69, 9.17) is 4.74 Å². The molecule has 1 fully saturated rings. The smallest absolute Gasteiger partial charge is 0.311 e. The van der Waals surface area contributed by atoms with Crippen molar-refractivity contribution in [1.82, 2.24) is 5.32 Å². The highest BCUT2D eigenvalue weighted by atomic mass is 16.5. The minimum atomic E-state index is -0.555. The Bertz CT molecular complexity index is 833. The molecule has 0 spiro atoms. The molecule has 146 valence electrons. The average Bonchev–Trinajstić information content (AvgIpc) is 3.13. The van der Waals surface area contributed by atoms with Crippen LogP contribution in [0.2, 0.25) is 0 Å². The van der Waals surface area contributed by atoms with E-state index in [1.807, 2.05) is 54.6 Å². The Labute approximate surface area is 164 Å². The van der Waals surface area contributed by atoms with Gasteiger partial charge in [0.15, 0.2) is 6.61 Å². The van der Waals surface area contributed by atoms with Gasteiger partial charge in [-0.3, -0.25) is 14.4 Å². The first-order valence-corrected chi connectivity index (χ1v) is 9.43. The Morgan fingerprint density at radius 2 is 1.79 bits per heavy atom. The van der Waals surface area contributed by atoms with Gasteiger partial charge in [-0.2, -0.15) is 0 Å². The van der Waals surface area contributed by atoms with Crippen LogP contribution in [0.4, 0.5) is 5.69 Å². The normalized spacial score (nSPS) is 16.1. The van der Waals surface area contributed by atoms with Crippen LogP contribution in [0.1, 0.15) is 24.5 Å². The summed E-state index contributed by atoms with van der Waals surface area (Å²) in [6, 6.07) is 17.2. The standard InChI is InChI=1S/C22H24N2O4/c1-2-16-8-10-19(11-9-16)24-14-18(12-21(24)26)22(27)28-15-20(25)23-13-17-6-4-3-5-7-17/h3-11,18H,2,12-15H2,1H3,(H,23,25)/t18-/m1/s1. The van der Waals surface area contributed by atoms with Crippen molar-refractivity contribution in [1.29, 1.82) is 0 Å². The number of benzene rings is 2. The lowest BCUT2D eigenvalue weighted by atomic mass is 10.1. The zero-order chi connectivity index (χ0) is 19.9. The quantitative estimate of drug-likeness (QED) is 0.749. The van der Waals surface area contributed by atoms with Crippen molar-refractivity contribution in [2.24, 2.45) is 5.92 Å². The van der Waals surface area contributed by atoms with E-state index < -0.39 is 11.9 Å². The second-order valence-electron chi connectivity index (χ2n) is 6.80. The Kier molecular flexibility index (Phi) is 6.42. The van der Waals surface area contributed by atoms with Crippen molar-refractivity contribution in [3.63, 3.8) is 0 Å². The van der Waals surface area contributed by atoms with E-state index in [9.17, 15) is 14.4 Å². The summed E-state index contributed by atoms with van der Waals surface area (Å²) in [5, 5.41) is 2.71. The first kappa shape index (κ1) is 19.6. The molecule has 2 amide bonds. The SMILES string of the molecule is CCc1ccc(N2C[C@H](C(=O)OCC(=O)NCc3ccccc3)CC2=O)cc1. The second kappa shape index (κ2) is 9.17. The van der Waals surface area contributed by atoms with E-state index in [0.717, 1.165) is 17.7 Å². The molecule has 3 rings (SSSR count). The topological polar surface area (TPSA) is 75.7 Å². The van der Waals surface area contributed by atoms with Crippen LogP contribution in [0.15, 0.2) is 54.6 Å². The predicted octanol–water partition coefficient (Wildman–Crippen LogP) is 2.46. The summed E-state index contributed by atoms with van der Waals surface area (Å²) < 4.78 is 5.12. The lowest BCUT2D eigenvalue weighted by molar-refractivity contribution is -0.152. The van der Waals surface area contributed by atoms with Crippen LogP contribution >= 0.6 is 0 Å². The average molecular weight is 380 g/mol. The molecular weight excluding hydrogens is 356 g/mol. The molecule has 1 aliphatic rings. The van der Waals surface area contributed by atoms with E-state index in [0.29, 0.717) is 6.54 Å². The fourth-order valence-electron chi connectivity index (χ4n) is 3.13. The largest absolute Gasteiger partial charge is 0.455 e. The van der Waals surface area contributed by atoms with Gasteiger partial charge in [-0.05, 0) is 29.7 Å². The zero-order valence-corrected chi connectivity index (χ0v) is 15.9. The maximum absolute atomic E-state index is 12.3. The molecular formula is C22H24N2O4. The number of nitrogens with one attached hydrogen (secondary N) is 1. The fourth-order valence-corrected chi connectivity index (χ4v) is 3.13. The second-order valence-corrected chi connectivity index (χ2v) is 6.80. The number of hydrogen-bond acceptors (Lipinski definition) is 4. The van der Waals surface area contributed by atoms with Crippen molar-refractivity contribution in [3.05, 3.63) is 65.7 Å². The number of rotatable bonds is 7. The number of aryl methyl sites for hydroxylation is 1. The Morgan fingerprint density at radius 3 is 2.46 bits per heavy atom. The molecule has 1 heterocycles. The number of hydrogen-bond donors (Lipinski definition) is 1. The number of ether oxygens (including phenoxy) is 1. The van der Waals surface area contributed by atoms with Crippen molar-refractivity contribution in [3.8, 4) is 0 Å². The van der Waals surface area contributed by atoms with Crippen LogP contribution in [0.25, 0.3) is 0 Å². The summed E-state index contributed by atoms with van der Waals surface area (Å²) in [5.74, 6) is -1.55. The summed E-state index contributed by atoms with van der Waals surface area (Å²) in [4.78, 5) is 38.0. The predicted molar refractivity (Wildman–Crippen MR) is 106 cm³/mol. The molecule has 0 aliphatic carbocycles. The molecule has 0 saturated carbocycles. The number of carbonyl (C=O) groups is 3. The number of amides is 2. The van der Waals surface area contributed by atoms with Crippen LogP contribution in [0.3, 0.4) is 0 Å². The highest BCUT2D eigenvalue weighted by Gasteiger charge is 2.36. The lowest BCUT2D eigenvalue weighted by Crippen LogP contribution is -2.31. The molecule has 6 heteroatoms. The molecule has 0 aromatic heterocycles.